The number of fused-ring (bicyclic) bond motifs is 1. The van der Waals surface area contributed by atoms with E-state index in [2.05, 4.69) is 15.0 Å². The molecule has 0 radical (unpaired) electrons. The van der Waals surface area contributed by atoms with Crippen molar-refractivity contribution >= 4 is 22.8 Å². The van der Waals surface area contributed by atoms with Gasteiger partial charge in [0, 0.05) is 0 Å². The molecule has 0 amide bonds. The number of hydrogen-bond acceptors (Lipinski definition) is 9. The molecule has 11 heteroatoms. The van der Waals surface area contributed by atoms with Crippen molar-refractivity contribution in [3.8, 4) is 11.5 Å². The van der Waals surface area contributed by atoms with E-state index in [-0.39, 0.29) is 11.8 Å². The number of imidazole rings is 1. The van der Waals surface area contributed by atoms with E-state index in [1.807, 2.05) is 78.9 Å². The van der Waals surface area contributed by atoms with Crippen molar-refractivity contribution in [3.63, 3.8) is 0 Å². The maximum atomic E-state index is 11.1. The van der Waals surface area contributed by atoms with Gasteiger partial charge in [0.15, 0.2) is 17.0 Å². The number of benzene rings is 3. The van der Waals surface area contributed by atoms with Gasteiger partial charge in [-0.15, -0.1) is 0 Å². The second kappa shape index (κ2) is 11.7. The Balaban J connectivity index is 1.39. The number of nitrogens with zero attached hydrogens (tertiary/aromatic N) is 4. The van der Waals surface area contributed by atoms with Crippen LogP contribution in [0.15, 0.2) is 91.5 Å². The molecule has 6 rings (SSSR count). The molecule has 2 aromatic heterocycles. The fourth-order valence-corrected chi connectivity index (χ4v) is 5.56. The molecule has 2 N–H and O–H groups in total. The molecule has 0 bridgehead atoms. The first-order valence-electron chi connectivity index (χ1n) is 13.3. The van der Waals surface area contributed by atoms with Gasteiger partial charge in [0.2, 0.25) is 0 Å². The van der Waals surface area contributed by atoms with Crippen molar-refractivity contribution in [2.24, 2.45) is 0 Å². The first-order valence-corrected chi connectivity index (χ1v) is 13.7. The molecule has 3 heterocycles. The normalized spacial score (nSPS) is 20.6. The minimum atomic E-state index is -1.28. The lowest BCUT2D eigenvalue weighted by molar-refractivity contribution is -0.0942. The van der Waals surface area contributed by atoms with Crippen LogP contribution in [0, 0.1) is 0 Å². The van der Waals surface area contributed by atoms with Crippen molar-refractivity contribution in [1.82, 2.24) is 19.5 Å². The van der Waals surface area contributed by atoms with Gasteiger partial charge in [-0.05, 0) is 41.0 Å². The first-order chi connectivity index (χ1) is 20.5. The highest BCUT2D eigenvalue weighted by molar-refractivity contribution is 6.33. The van der Waals surface area contributed by atoms with Gasteiger partial charge in [0.05, 0.1) is 27.2 Å². The van der Waals surface area contributed by atoms with E-state index in [1.54, 1.807) is 14.2 Å². The van der Waals surface area contributed by atoms with Gasteiger partial charge in [0.25, 0.3) is 0 Å². The second-order valence-electron chi connectivity index (χ2n) is 9.85. The Labute approximate surface area is 247 Å². The minimum absolute atomic E-state index is 0.0654. The number of aliphatic hydroxyl groups excluding tert-OH is 2. The molecule has 1 aliphatic rings. The summed E-state index contributed by atoms with van der Waals surface area (Å²) in [6.45, 7) is -0.0654. The minimum Gasteiger partial charge on any atom is -0.497 e. The zero-order chi connectivity index (χ0) is 29.3. The van der Waals surface area contributed by atoms with Gasteiger partial charge < -0.3 is 29.2 Å². The lowest BCUT2D eigenvalue weighted by Crippen LogP contribution is -2.39. The number of hydrogen-bond donors (Lipinski definition) is 2. The van der Waals surface area contributed by atoms with Crippen LogP contribution in [0.5, 0.6) is 11.5 Å². The summed E-state index contributed by atoms with van der Waals surface area (Å²) in [5.74, 6) is 1.40. The second-order valence-corrected chi connectivity index (χ2v) is 10.2. The average molecular weight is 589 g/mol. The Morgan fingerprint density at radius 1 is 0.810 bits per heavy atom. The summed E-state index contributed by atoms with van der Waals surface area (Å²) in [4.78, 5) is 12.5. The maximum Gasteiger partial charge on any atom is 0.167 e. The summed E-state index contributed by atoms with van der Waals surface area (Å²) in [5, 5.41) is 22.3. The average Bonchev–Trinajstić information content (AvgIpc) is 3.59. The SMILES string of the molecule is COc1ccc(C(OCC2O[C@@H](n3cnc4c(Cl)ncnc43)[C@H](O)[C@@H]2O)(c2ccccc2)c2ccc(OC)cc2)cc1. The topological polar surface area (TPSA) is 121 Å². The molecule has 0 saturated carbocycles. The van der Waals surface area contributed by atoms with Crippen LogP contribution in [-0.4, -0.2) is 68.9 Å². The third-order valence-corrected chi connectivity index (χ3v) is 7.84. The molecule has 42 heavy (non-hydrogen) atoms. The molecule has 0 aliphatic carbocycles. The van der Waals surface area contributed by atoms with Gasteiger partial charge >= 0.3 is 0 Å². The predicted molar refractivity (Wildman–Crippen MR) is 155 cm³/mol. The molecular formula is C31H29ClN4O6. The smallest absolute Gasteiger partial charge is 0.167 e. The summed E-state index contributed by atoms with van der Waals surface area (Å²) in [6, 6.07) is 25.1. The summed E-state index contributed by atoms with van der Waals surface area (Å²) in [5.41, 5.74) is 2.15. The number of rotatable bonds is 9. The zero-order valence-corrected chi connectivity index (χ0v) is 23.6. The molecule has 216 valence electrons. The van der Waals surface area contributed by atoms with E-state index in [9.17, 15) is 10.2 Å². The highest BCUT2D eigenvalue weighted by Gasteiger charge is 2.47. The third kappa shape index (κ3) is 4.87. The Hall–Kier alpha value is -4.06. The predicted octanol–water partition coefficient (Wildman–Crippen LogP) is 4.12. The Morgan fingerprint density at radius 2 is 1.40 bits per heavy atom. The quantitative estimate of drug-likeness (QED) is 0.193. The summed E-state index contributed by atoms with van der Waals surface area (Å²) >= 11 is 6.17. The van der Waals surface area contributed by atoms with Crippen molar-refractivity contribution in [3.05, 3.63) is 113 Å². The molecule has 10 nitrogen and oxygen atoms in total. The van der Waals surface area contributed by atoms with Gasteiger partial charge in [-0.1, -0.05) is 66.2 Å². The first kappa shape index (κ1) is 28.1. The fraction of sp³-hybridized carbons (Fsp3) is 0.258. The third-order valence-electron chi connectivity index (χ3n) is 7.56. The van der Waals surface area contributed by atoms with Crippen LogP contribution in [0.1, 0.15) is 22.9 Å². The lowest BCUT2D eigenvalue weighted by Gasteiger charge is -2.37. The molecule has 1 unspecified atom stereocenters. The Morgan fingerprint density at radius 3 is 2.00 bits per heavy atom. The van der Waals surface area contributed by atoms with Gasteiger partial charge in [-0.2, -0.15) is 0 Å². The molecule has 0 spiro atoms. The monoisotopic (exact) mass is 588 g/mol. The summed E-state index contributed by atoms with van der Waals surface area (Å²) in [6.07, 6.45) is -1.64. The van der Waals surface area contributed by atoms with Crippen LogP contribution in [0.2, 0.25) is 5.15 Å². The van der Waals surface area contributed by atoms with Crippen LogP contribution in [0.3, 0.4) is 0 Å². The molecular weight excluding hydrogens is 560 g/mol. The van der Waals surface area contributed by atoms with E-state index in [0.29, 0.717) is 22.7 Å². The fourth-order valence-electron chi connectivity index (χ4n) is 5.39. The number of methoxy groups -OCH3 is 2. The van der Waals surface area contributed by atoms with E-state index in [1.165, 1.54) is 17.2 Å². The standard InChI is InChI=1S/C31H29ClN4O6/c1-39-22-12-8-20(9-13-22)31(19-6-4-3-5-7-19,21-10-14-23(40-2)15-11-21)41-16-24-26(37)27(38)30(42-24)36-18-35-25-28(32)33-17-34-29(25)36/h3-15,17-18,24,26-27,30,37-38H,16H2,1-2H3/t24?,26-,27-,30-/m1/s1. The molecule has 5 aromatic rings. The Kier molecular flexibility index (Phi) is 7.80. The number of aliphatic hydroxyl groups is 2. The Bertz CT molecular complexity index is 1600. The van der Waals surface area contributed by atoms with Crippen LogP contribution in [0.25, 0.3) is 11.2 Å². The highest BCUT2D eigenvalue weighted by Crippen LogP contribution is 2.43. The van der Waals surface area contributed by atoms with E-state index >= 15 is 0 Å². The van der Waals surface area contributed by atoms with Crippen LogP contribution >= 0.6 is 11.6 Å². The summed E-state index contributed by atoms with van der Waals surface area (Å²) in [7, 11) is 3.23. The number of halogens is 1. The largest absolute Gasteiger partial charge is 0.497 e. The number of aromatic nitrogens is 4. The van der Waals surface area contributed by atoms with Crippen LogP contribution in [0.4, 0.5) is 0 Å². The van der Waals surface area contributed by atoms with Crippen LogP contribution < -0.4 is 9.47 Å². The molecule has 3 aromatic carbocycles. The number of ether oxygens (including phenoxy) is 4. The van der Waals surface area contributed by atoms with Crippen molar-refractivity contribution in [2.75, 3.05) is 20.8 Å². The zero-order valence-electron chi connectivity index (χ0n) is 22.9. The summed E-state index contributed by atoms with van der Waals surface area (Å²) < 4.78 is 25.4. The molecule has 1 saturated heterocycles. The highest BCUT2D eigenvalue weighted by atomic mass is 35.5. The van der Waals surface area contributed by atoms with Crippen molar-refractivity contribution in [1.29, 1.82) is 0 Å². The lowest BCUT2D eigenvalue weighted by atomic mass is 9.80. The molecule has 4 atom stereocenters. The van der Waals surface area contributed by atoms with Crippen LogP contribution in [-0.2, 0) is 15.1 Å². The van der Waals surface area contributed by atoms with Crippen molar-refractivity contribution < 1.29 is 29.2 Å². The van der Waals surface area contributed by atoms with Crippen molar-refractivity contribution in [2.45, 2.75) is 30.1 Å². The van der Waals surface area contributed by atoms with Gasteiger partial charge in [0.1, 0.15) is 47.3 Å². The van der Waals surface area contributed by atoms with Gasteiger partial charge in [-0.25, -0.2) is 15.0 Å². The van der Waals surface area contributed by atoms with E-state index in [4.69, 9.17) is 30.5 Å². The molecule has 1 fully saturated rings. The van der Waals surface area contributed by atoms with Gasteiger partial charge in [-0.3, -0.25) is 4.57 Å². The molecule has 1 aliphatic heterocycles. The maximum absolute atomic E-state index is 11.1. The van der Waals surface area contributed by atoms with E-state index in [0.717, 1.165) is 16.7 Å². The van der Waals surface area contributed by atoms with E-state index < -0.39 is 30.1 Å².